The fraction of sp³-hybridized carbons (Fsp3) is 0.600. The SMILES string of the molecule is CCC(N)C(c1ccccc1Cl)N1CCCSCC1. The lowest BCUT2D eigenvalue weighted by Crippen LogP contribution is -2.42. The molecule has 1 aliphatic rings. The maximum absolute atomic E-state index is 6.39. The van der Waals surface area contributed by atoms with Gasteiger partial charge >= 0.3 is 0 Å². The summed E-state index contributed by atoms with van der Waals surface area (Å²) in [7, 11) is 0. The van der Waals surface area contributed by atoms with E-state index in [1.54, 1.807) is 0 Å². The van der Waals surface area contributed by atoms with Crippen LogP contribution < -0.4 is 5.73 Å². The number of hydrogen-bond donors (Lipinski definition) is 1. The van der Waals surface area contributed by atoms with Gasteiger partial charge in [0.1, 0.15) is 0 Å². The summed E-state index contributed by atoms with van der Waals surface area (Å²) >= 11 is 8.43. The number of thioether (sulfide) groups is 1. The highest BCUT2D eigenvalue weighted by atomic mass is 35.5. The van der Waals surface area contributed by atoms with Crippen LogP contribution in [0.1, 0.15) is 31.4 Å². The van der Waals surface area contributed by atoms with Crippen molar-refractivity contribution in [3.63, 3.8) is 0 Å². The molecule has 0 saturated carbocycles. The molecule has 1 aromatic rings. The predicted octanol–water partition coefficient (Wildman–Crippen LogP) is 3.56. The zero-order chi connectivity index (χ0) is 13.7. The number of benzene rings is 1. The van der Waals surface area contributed by atoms with Gasteiger partial charge in [0.25, 0.3) is 0 Å². The predicted molar refractivity (Wildman–Crippen MR) is 86.0 cm³/mol. The summed E-state index contributed by atoms with van der Waals surface area (Å²) in [5.41, 5.74) is 7.58. The van der Waals surface area contributed by atoms with Crippen LogP contribution in [-0.2, 0) is 0 Å². The second kappa shape index (κ2) is 7.53. The van der Waals surface area contributed by atoms with Crippen LogP contribution in [0.4, 0.5) is 0 Å². The largest absolute Gasteiger partial charge is 0.326 e. The van der Waals surface area contributed by atoms with E-state index in [1.807, 2.05) is 23.9 Å². The minimum atomic E-state index is 0.142. The summed E-state index contributed by atoms with van der Waals surface area (Å²) in [6.45, 7) is 4.38. The Hall–Kier alpha value is -0.220. The number of rotatable bonds is 4. The summed E-state index contributed by atoms with van der Waals surface area (Å²) < 4.78 is 0. The highest BCUT2D eigenvalue weighted by molar-refractivity contribution is 7.99. The van der Waals surface area contributed by atoms with Gasteiger partial charge in [0.15, 0.2) is 0 Å². The summed E-state index contributed by atoms with van der Waals surface area (Å²) in [4.78, 5) is 2.52. The third-order valence-corrected chi connectivity index (χ3v) is 5.14. The lowest BCUT2D eigenvalue weighted by molar-refractivity contribution is 0.182. The van der Waals surface area contributed by atoms with Crippen molar-refractivity contribution >= 4 is 23.4 Å². The molecule has 1 fully saturated rings. The van der Waals surface area contributed by atoms with E-state index in [0.29, 0.717) is 0 Å². The van der Waals surface area contributed by atoms with Crippen LogP contribution >= 0.6 is 23.4 Å². The van der Waals surface area contributed by atoms with E-state index in [2.05, 4.69) is 24.0 Å². The van der Waals surface area contributed by atoms with Gasteiger partial charge < -0.3 is 5.73 Å². The third kappa shape index (κ3) is 3.88. The average Bonchev–Trinajstić information content (AvgIpc) is 2.70. The van der Waals surface area contributed by atoms with Gasteiger partial charge in [0.2, 0.25) is 0 Å². The van der Waals surface area contributed by atoms with Crippen LogP contribution in [0.15, 0.2) is 24.3 Å². The number of halogens is 1. The summed E-state index contributed by atoms with van der Waals surface area (Å²) in [6, 6.07) is 8.53. The highest BCUT2D eigenvalue weighted by Crippen LogP contribution is 2.31. The normalized spacial score (nSPS) is 20.8. The van der Waals surface area contributed by atoms with Gasteiger partial charge in [-0.05, 0) is 36.8 Å². The van der Waals surface area contributed by atoms with E-state index < -0.39 is 0 Å². The maximum atomic E-state index is 6.39. The summed E-state index contributed by atoms with van der Waals surface area (Å²) in [5.74, 6) is 2.45. The molecule has 1 heterocycles. The molecule has 1 saturated heterocycles. The Morgan fingerprint density at radius 3 is 2.84 bits per heavy atom. The monoisotopic (exact) mass is 298 g/mol. The smallest absolute Gasteiger partial charge is 0.0514 e. The zero-order valence-corrected chi connectivity index (χ0v) is 13.1. The Labute approximate surface area is 125 Å². The van der Waals surface area contributed by atoms with Crippen molar-refractivity contribution in [2.45, 2.75) is 31.8 Å². The zero-order valence-electron chi connectivity index (χ0n) is 11.5. The van der Waals surface area contributed by atoms with Gasteiger partial charge in [-0.3, -0.25) is 4.90 Å². The molecule has 2 rings (SSSR count). The molecule has 2 N–H and O–H groups in total. The minimum Gasteiger partial charge on any atom is -0.326 e. The van der Waals surface area contributed by atoms with Crippen LogP contribution in [0, 0.1) is 0 Å². The molecule has 0 bridgehead atoms. The number of nitrogens with zero attached hydrogens (tertiary/aromatic N) is 1. The number of nitrogens with two attached hydrogens (primary N) is 1. The van der Waals surface area contributed by atoms with Gasteiger partial charge in [0.05, 0.1) is 6.04 Å². The van der Waals surface area contributed by atoms with Gasteiger partial charge in [-0.25, -0.2) is 0 Å². The Bertz CT molecular complexity index is 391. The van der Waals surface area contributed by atoms with E-state index >= 15 is 0 Å². The van der Waals surface area contributed by atoms with Crippen LogP contribution in [0.25, 0.3) is 0 Å². The van der Waals surface area contributed by atoms with Crippen LogP contribution in [0.5, 0.6) is 0 Å². The second-order valence-electron chi connectivity index (χ2n) is 5.04. The lowest BCUT2D eigenvalue weighted by Gasteiger charge is -2.35. The summed E-state index contributed by atoms with van der Waals surface area (Å²) in [5, 5.41) is 0.841. The van der Waals surface area contributed by atoms with Crippen molar-refractivity contribution in [2.75, 3.05) is 24.6 Å². The van der Waals surface area contributed by atoms with Crippen molar-refractivity contribution in [1.29, 1.82) is 0 Å². The quantitative estimate of drug-likeness (QED) is 0.921. The fourth-order valence-corrected chi connectivity index (χ4v) is 3.83. The Balaban J connectivity index is 2.27. The van der Waals surface area contributed by atoms with E-state index in [1.165, 1.54) is 23.5 Å². The van der Waals surface area contributed by atoms with Gasteiger partial charge in [0, 0.05) is 23.4 Å². The van der Waals surface area contributed by atoms with Crippen molar-refractivity contribution in [1.82, 2.24) is 4.90 Å². The van der Waals surface area contributed by atoms with Crippen LogP contribution in [0.3, 0.4) is 0 Å². The van der Waals surface area contributed by atoms with E-state index in [9.17, 15) is 0 Å². The molecule has 1 aromatic carbocycles. The first-order valence-electron chi connectivity index (χ1n) is 7.06. The highest BCUT2D eigenvalue weighted by Gasteiger charge is 2.27. The minimum absolute atomic E-state index is 0.142. The molecule has 0 radical (unpaired) electrons. The van der Waals surface area contributed by atoms with Crippen molar-refractivity contribution in [2.24, 2.45) is 5.73 Å². The molecule has 0 aromatic heterocycles. The Morgan fingerprint density at radius 1 is 1.32 bits per heavy atom. The molecule has 0 amide bonds. The molecule has 19 heavy (non-hydrogen) atoms. The molecule has 2 atom stereocenters. The molecule has 106 valence electrons. The van der Waals surface area contributed by atoms with Gasteiger partial charge in [-0.1, -0.05) is 36.7 Å². The third-order valence-electron chi connectivity index (χ3n) is 3.75. The lowest BCUT2D eigenvalue weighted by atomic mass is 9.96. The molecule has 2 nitrogen and oxygen atoms in total. The summed E-state index contributed by atoms with van der Waals surface area (Å²) in [6.07, 6.45) is 2.21. The van der Waals surface area contributed by atoms with E-state index in [-0.39, 0.29) is 12.1 Å². The van der Waals surface area contributed by atoms with E-state index in [0.717, 1.165) is 24.5 Å². The average molecular weight is 299 g/mol. The second-order valence-corrected chi connectivity index (χ2v) is 6.67. The first kappa shape index (κ1) is 15.2. The molecule has 0 spiro atoms. The van der Waals surface area contributed by atoms with Crippen LogP contribution in [-0.4, -0.2) is 35.5 Å². The molecular weight excluding hydrogens is 276 g/mol. The maximum Gasteiger partial charge on any atom is 0.0514 e. The van der Waals surface area contributed by atoms with Gasteiger partial charge in [-0.2, -0.15) is 11.8 Å². The molecule has 0 aliphatic carbocycles. The van der Waals surface area contributed by atoms with E-state index in [4.69, 9.17) is 17.3 Å². The Morgan fingerprint density at radius 2 is 2.11 bits per heavy atom. The molecule has 2 unspecified atom stereocenters. The van der Waals surface area contributed by atoms with Gasteiger partial charge in [-0.15, -0.1) is 0 Å². The molecule has 1 aliphatic heterocycles. The first-order valence-corrected chi connectivity index (χ1v) is 8.59. The topological polar surface area (TPSA) is 29.3 Å². The van der Waals surface area contributed by atoms with Crippen molar-refractivity contribution in [3.8, 4) is 0 Å². The van der Waals surface area contributed by atoms with Crippen molar-refractivity contribution < 1.29 is 0 Å². The first-order chi connectivity index (χ1) is 9.24. The molecule has 4 heteroatoms. The standard InChI is InChI=1S/C15H23ClN2S/c1-2-14(17)15(12-6-3-4-7-13(12)16)18-8-5-10-19-11-9-18/h3-4,6-7,14-15H,2,5,8-11,17H2,1H3. The Kier molecular flexibility index (Phi) is 6.02. The number of hydrogen-bond acceptors (Lipinski definition) is 3. The van der Waals surface area contributed by atoms with Crippen LogP contribution in [0.2, 0.25) is 5.02 Å². The molecular formula is C15H23ClN2S. The fourth-order valence-electron chi connectivity index (χ4n) is 2.68. The van der Waals surface area contributed by atoms with Crippen molar-refractivity contribution in [3.05, 3.63) is 34.9 Å².